The van der Waals surface area contributed by atoms with E-state index in [9.17, 15) is 9.18 Å². The van der Waals surface area contributed by atoms with Gasteiger partial charge in [-0.2, -0.15) is 10.2 Å². The summed E-state index contributed by atoms with van der Waals surface area (Å²) >= 11 is 0. The number of hydrazine groups is 1. The summed E-state index contributed by atoms with van der Waals surface area (Å²) in [4.78, 5) is 11.1. The van der Waals surface area contributed by atoms with Crippen LogP contribution in [0.15, 0.2) is 29.4 Å². The van der Waals surface area contributed by atoms with Crippen LogP contribution in [0.4, 0.5) is 10.1 Å². The van der Waals surface area contributed by atoms with Crippen molar-refractivity contribution in [1.29, 1.82) is 0 Å². The summed E-state index contributed by atoms with van der Waals surface area (Å²) in [6.07, 6.45) is 0.979. The van der Waals surface area contributed by atoms with Crippen LogP contribution in [0, 0.1) is 5.82 Å². The van der Waals surface area contributed by atoms with Crippen LogP contribution < -0.4 is 10.5 Å². The van der Waals surface area contributed by atoms with Crippen LogP contribution in [0.1, 0.15) is 6.92 Å². The Kier molecular flexibility index (Phi) is 5.09. The van der Waals surface area contributed by atoms with Gasteiger partial charge in [-0.3, -0.25) is 0 Å². The first kappa shape index (κ1) is 13.1. The smallest absolute Gasteiger partial charge is 0.351 e. The molecule has 0 radical (unpaired) electrons. The molecular weight excluding hydrogens is 225 g/mol. The van der Waals surface area contributed by atoms with E-state index < -0.39 is 11.8 Å². The van der Waals surface area contributed by atoms with Crippen molar-refractivity contribution in [2.24, 2.45) is 5.10 Å². The van der Waals surface area contributed by atoms with Gasteiger partial charge in [-0.05, 0) is 19.1 Å². The minimum Gasteiger partial charge on any atom is -0.462 e. The second-order valence-electron chi connectivity index (χ2n) is 2.98. The van der Waals surface area contributed by atoms with Crippen LogP contribution in [0.25, 0.3) is 0 Å². The van der Waals surface area contributed by atoms with Gasteiger partial charge in [-0.25, -0.2) is 14.6 Å². The average Bonchev–Trinajstić information content (AvgIpc) is 2.32. The number of carbonyl (C=O) groups excluding carboxylic acids is 1. The van der Waals surface area contributed by atoms with E-state index in [1.807, 2.05) is 0 Å². The Hall–Kier alpha value is -1.95. The molecule has 1 N–H and O–H groups in total. The summed E-state index contributed by atoms with van der Waals surface area (Å²) in [5.74, 6) is -1.02. The molecule has 0 saturated carbocycles. The molecular formula is C11H14FN3O2. The van der Waals surface area contributed by atoms with Gasteiger partial charge in [0.05, 0.1) is 6.61 Å². The van der Waals surface area contributed by atoms with Crippen LogP contribution in [-0.2, 0) is 9.53 Å². The number of hydrogen-bond acceptors (Lipinski definition) is 5. The molecule has 0 spiro atoms. The molecule has 0 aliphatic carbocycles. The zero-order valence-electron chi connectivity index (χ0n) is 9.68. The molecule has 1 aromatic rings. The van der Waals surface area contributed by atoms with Crippen LogP contribution in [0.3, 0.4) is 0 Å². The van der Waals surface area contributed by atoms with Crippen LogP contribution >= 0.6 is 0 Å². The fourth-order valence-corrected chi connectivity index (χ4v) is 1.15. The molecule has 0 unspecified atom stereocenters. The fourth-order valence-electron chi connectivity index (χ4n) is 1.15. The molecule has 0 aromatic heterocycles. The van der Waals surface area contributed by atoms with Crippen LogP contribution in [0.5, 0.6) is 0 Å². The van der Waals surface area contributed by atoms with Crippen molar-refractivity contribution in [3.05, 3.63) is 30.1 Å². The lowest BCUT2D eigenvalue weighted by molar-refractivity contribution is -0.134. The average molecular weight is 239 g/mol. The van der Waals surface area contributed by atoms with E-state index in [1.165, 1.54) is 12.1 Å². The highest BCUT2D eigenvalue weighted by atomic mass is 19.1. The maximum absolute atomic E-state index is 13.4. The Morgan fingerprint density at radius 3 is 2.88 bits per heavy atom. The Morgan fingerprint density at radius 1 is 1.59 bits per heavy atom. The van der Waals surface area contributed by atoms with Gasteiger partial charge in [0.1, 0.15) is 17.7 Å². The van der Waals surface area contributed by atoms with E-state index in [2.05, 4.69) is 15.3 Å². The lowest BCUT2D eigenvalue weighted by atomic mass is 10.3. The number of hydrazone groups is 1. The van der Waals surface area contributed by atoms with Crippen molar-refractivity contribution in [2.45, 2.75) is 6.92 Å². The molecule has 17 heavy (non-hydrogen) atoms. The van der Waals surface area contributed by atoms with E-state index in [1.54, 1.807) is 26.1 Å². The van der Waals surface area contributed by atoms with E-state index in [0.717, 1.165) is 11.3 Å². The molecule has 0 aliphatic heterocycles. The van der Waals surface area contributed by atoms with Crippen molar-refractivity contribution < 1.29 is 13.9 Å². The van der Waals surface area contributed by atoms with Crippen molar-refractivity contribution in [3.63, 3.8) is 0 Å². The zero-order chi connectivity index (χ0) is 12.7. The Balaban J connectivity index is 2.79. The van der Waals surface area contributed by atoms with Gasteiger partial charge in [0, 0.05) is 7.05 Å². The summed E-state index contributed by atoms with van der Waals surface area (Å²) in [5, 5.41) is 4.92. The fraction of sp³-hybridized carbons (Fsp3) is 0.273. The highest BCUT2D eigenvalue weighted by molar-refractivity contribution is 6.23. The molecule has 1 rings (SSSR count). The van der Waals surface area contributed by atoms with Crippen LogP contribution in [0.2, 0.25) is 0 Å². The summed E-state index contributed by atoms with van der Waals surface area (Å²) in [7, 11) is 1.56. The molecule has 92 valence electrons. The quantitative estimate of drug-likeness (QED) is 0.478. The number of esters is 1. The molecule has 0 bridgehead atoms. The summed E-state index contributed by atoms with van der Waals surface area (Å²) in [6, 6.07) is 6.08. The molecule has 0 atom stereocenters. The molecule has 1 aromatic carbocycles. The third-order valence-electron chi connectivity index (χ3n) is 1.86. The minimum absolute atomic E-state index is 0.218. The Morgan fingerprint density at radius 2 is 2.29 bits per heavy atom. The van der Waals surface area contributed by atoms with Gasteiger partial charge in [-0.1, -0.05) is 12.1 Å². The van der Waals surface area contributed by atoms with Gasteiger partial charge in [0.15, 0.2) is 0 Å². The zero-order valence-corrected chi connectivity index (χ0v) is 9.68. The van der Waals surface area contributed by atoms with Gasteiger partial charge in [0.25, 0.3) is 0 Å². The monoisotopic (exact) mass is 239 g/mol. The van der Waals surface area contributed by atoms with E-state index >= 15 is 0 Å². The number of rotatable bonds is 5. The summed E-state index contributed by atoms with van der Waals surface area (Å²) in [6.45, 7) is 1.96. The standard InChI is InChI=1S/C11H14FN3O2/c1-3-17-11(16)8-14-15(13-2)10-7-5-4-6-9(10)12/h4-8,13H,3H2,1-2H3. The molecule has 0 aliphatic rings. The predicted molar refractivity (Wildman–Crippen MR) is 63.1 cm³/mol. The lowest BCUT2D eigenvalue weighted by Gasteiger charge is -2.17. The third kappa shape index (κ3) is 3.84. The highest BCUT2D eigenvalue weighted by Gasteiger charge is 2.08. The summed E-state index contributed by atoms with van der Waals surface area (Å²) < 4.78 is 18.1. The normalized spacial score (nSPS) is 10.5. The number of nitrogens with one attached hydrogen (secondary N) is 1. The Labute approximate surface area is 98.8 Å². The number of benzene rings is 1. The van der Waals surface area contributed by atoms with Gasteiger partial charge in [0.2, 0.25) is 0 Å². The number of ether oxygens (including phenoxy) is 1. The summed E-state index contributed by atoms with van der Waals surface area (Å²) in [5.41, 5.74) is 2.86. The molecule has 5 nitrogen and oxygen atoms in total. The molecule has 6 heteroatoms. The number of anilines is 1. The van der Waals surface area contributed by atoms with Gasteiger partial charge < -0.3 is 4.74 Å². The topological polar surface area (TPSA) is 53.9 Å². The third-order valence-corrected chi connectivity index (χ3v) is 1.86. The minimum atomic E-state index is -0.580. The number of para-hydroxylation sites is 1. The SMILES string of the molecule is CCOC(=O)C=NN(NC)c1ccccc1F. The molecule has 0 heterocycles. The van der Waals surface area contributed by atoms with Crippen molar-refractivity contribution in [2.75, 3.05) is 18.8 Å². The Bertz CT molecular complexity index is 409. The number of halogens is 1. The van der Waals surface area contributed by atoms with Crippen molar-refractivity contribution in [3.8, 4) is 0 Å². The number of hydrogen-bond donors (Lipinski definition) is 1. The van der Waals surface area contributed by atoms with E-state index in [4.69, 9.17) is 0 Å². The van der Waals surface area contributed by atoms with E-state index in [-0.39, 0.29) is 12.3 Å². The second-order valence-corrected chi connectivity index (χ2v) is 2.98. The van der Waals surface area contributed by atoms with Crippen LogP contribution in [-0.4, -0.2) is 25.8 Å². The predicted octanol–water partition coefficient (Wildman–Crippen LogP) is 1.32. The molecule has 0 fully saturated rings. The molecule has 0 amide bonds. The van der Waals surface area contributed by atoms with Crippen molar-refractivity contribution in [1.82, 2.24) is 5.43 Å². The lowest BCUT2D eigenvalue weighted by Crippen LogP contribution is -2.31. The van der Waals surface area contributed by atoms with E-state index in [0.29, 0.717) is 0 Å². The first-order valence-corrected chi connectivity index (χ1v) is 5.11. The number of carbonyl (C=O) groups is 1. The maximum Gasteiger partial charge on any atom is 0.351 e. The second kappa shape index (κ2) is 6.59. The number of nitrogens with zero attached hydrogens (tertiary/aromatic N) is 2. The first-order chi connectivity index (χ1) is 8.19. The van der Waals surface area contributed by atoms with Gasteiger partial charge in [-0.15, -0.1) is 0 Å². The molecule has 0 saturated heterocycles. The first-order valence-electron chi connectivity index (χ1n) is 5.11. The highest BCUT2D eigenvalue weighted by Crippen LogP contribution is 2.16. The maximum atomic E-state index is 13.4. The largest absolute Gasteiger partial charge is 0.462 e. The van der Waals surface area contributed by atoms with Crippen molar-refractivity contribution >= 4 is 17.9 Å². The van der Waals surface area contributed by atoms with Gasteiger partial charge >= 0.3 is 5.97 Å².